The van der Waals surface area contributed by atoms with Gasteiger partial charge in [0.25, 0.3) is 0 Å². The molecule has 0 aromatic carbocycles. The molecular weight excluding hydrogens is 354 g/mol. The molecule has 9 nitrogen and oxygen atoms in total. The summed E-state index contributed by atoms with van der Waals surface area (Å²) >= 11 is 1.47. The number of anilines is 3. The van der Waals surface area contributed by atoms with Crippen LogP contribution in [0.25, 0.3) is 21.6 Å². The summed E-state index contributed by atoms with van der Waals surface area (Å²) < 4.78 is 6.39. The Bertz CT molecular complexity index is 951. The number of morpholine rings is 1. The van der Waals surface area contributed by atoms with Crippen LogP contribution in [0.15, 0.2) is 12.4 Å². The van der Waals surface area contributed by atoms with Gasteiger partial charge in [-0.1, -0.05) is 0 Å². The summed E-state index contributed by atoms with van der Waals surface area (Å²) in [5.41, 5.74) is 7.98. The third kappa shape index (κ3) is 2.93. The number of hydrogen-bond acceptors (Lipinski definition) is 9. The molecule has 3 aromatic rings. The number of amides is 1. The molecule has 1 fully saturated rings. The zero-order valence-electron chi connectivity index (χ0n) is 14.1. The van der Waals surface area contributed by atoms with Gasteiger partial charge in [-0.3, -0.25) is 4.79 Å². The van der Waals surface area contributed by atoms with Crippen LogP contribution in [0.4, 0.5) is 16.8 Å². The SMILES string of the molecule is Cc1c(NC=O)sc2c(N3CCOCC3)nc(-c3cnc(N)nc3)nc12. The Balaban J connectivity index is 1.91. The van der Waals surface area contributed by atoms with Crippen LogP contribution >= 0.6 is 11.3 Å². The van der Waals surface area contributed by atoms with Crippen LogP contribution in [-0.4, -0.2) is 52.6 Å². The van der Waals surface area contributed by atoms with E-state index in [0.717, 1.165) is 39.7 Å². The molecular formula is C16H17N7O2S. The summed E-state index contributed by atoms with van der Waals surface area (Å²) in [5, 5.41) is 3.52. The molecule has 26 heavy (non-hydrogen) atoms. The van der Waals surface area contributed by atoms with E-state index in [1.54, 1.807) is 12.4 Å². The summed E-state index contributed by atoms with van der Waals surface area (Å²) in [6.45, 7) is 4.73. The molecule has 1 amide bonds. The first-order valence-electron chi connectivity index (χ1n) is 8.09. The minimum Gasteiger partial charge on any atom is -0.378 e. The average molecular weight is 371 g/mol. The van der Waals surface area contributed by atoms with Crippen LogP contribution in [0.3, 0.4) is 0 Å². The first-order chi connectivity index (χ1) is 12.7. The molecule has 3 N–H and O–H groups in total. The van der Waals surface area contributed by atoms with Crippen LogP contribution in [0.5, 0.6) is 0 Å². The van der Waals surface area contributed by atoms with E-state index in [-0.39, 0.29) is 5.95 Å². The van der Waals surface area contributed by atoms with Crippen LogP contribution < -0.4 is 16.0 Å². The van der Waals surface area contributed by atoms with Crippen LogP contribution in [0.1, 0.15) is 5.56 Å². The summed E-state index contributed by atoms with van der Waals surface area (Å²) in [6.07, 6.45) is 3.89. The molecule has 1 aliphatic heterocycles. The molecule has 0 aliphatic carbocycles. The number of aromatic nitrogens is 4. The Morgan fingerprint density at radius 1 is 1.27 bits per heavy atom. The van der Waals surface area contributed by atoms with Crippen molar-refractivity contribution in [2.45, 2.75) is 6.92 Å². The normalized spacial score (nSPS) is 14.6. The summed E-state index contributed by atoms with van der Waals surface area (Å²) in [6, 6.07) is 0. The predicted molar refractivity (Wildman–Crippen MR) is 100 cm³/mol. The van der Waals surface area contributed by atoms with E-state index in [9.17, 15) is 4.79 Å². The highest BCUT2D eigenvalue weighted by Gasteiger charge is 2.22. The minimum atomic E-state index is 0.201. The van der Waals surface area contributed by atoms with Gasteiger partial charge < -0.3 is 20.7 Å². The third-order valence-corrected chi connectivity index (χ3v) is 5.39. The molecule has 3 aromatic heterocycles. The average Bonchev–Trinajstić information content (AvgIpc) is 2.99. The summed E-state index contributed by atoms with van der Waals surface area (Å²) in [5.74, 6) is 1.56. The fraction of sp³-hybridized carbons (Fsp3) is 0.312. The van der Waals surface area contributed by atoms with E-state index in [1.807, 2.05) is 6.92 Å². The van der Waals surface area contributed by atoms with E-state index < -0.39 is 0 Å². The molecule has 4 heterocycles. The van der Waals surface area contributed by atoms with Crippen molar-refractivity contribution in [3.8, 4) is 11.4 Å². The standard InChI is InChI=1S/C16H17N7O2S/c1-9-11-12(26-15(9)20-8-24)14(23-2-4-25-5-3-23)22-13(21-11)10-6-18-16(17)19-7-10/h6-8H,2-5H2,1H3,(H,20,24)(H2,17,18,19). The maximum absolute atomic E-state index is 10.9. The van der Waals surface area contributed by atoms with E-state index in [2.05, 4.69) is 20.2 Å². The molecule has 0 atom stereocenters. The molecule has 0 radical (unpaired) electrons. The maximum Gasteiger partial charge on any atom is 0.219 e. The number of rotatable bonds is 4. The van der Waals surface area contributed by atoms with E-state index >= 15 is 0 Å². The van der Waals surface area contributed by atoms with E-state index in [0.29, 0.717) is 31.0 Å². The lowest BCUT2D eigenvalue weighted by molar-refractivity contribution is -0.105. The molecule has 0 unspecified atom stereocenters. The van der Waals surface area contributed by atoms with Gasteiger partial charge in [0, 0.05) is 31.0 Å². The summed E-state index contributed by atoms with van der Waals surface area (Å²) in [7, 11) is 0. The van der Waals surface area contributed by atoms with Gasteiger partial charge in [0.2, 0.25) is 12.4 Å². The van der Waals surface area contributed by atoms with E-state index in [1.165, 1.54) is 11.3 Å². The molecule has 1 aliphatic rings. The summed E-state index contributed by atoms with van der Waals surface area (Å²) in [4.78, 5) is 30.6. The van der Waals surface area contributed by atoms with Crippen molar-refractivity contribution in [3.05, 3.63) is 18.0 Å². The number of nitrogens with zero attached hydrogens (tertiary/aromatic N) is 5. The molecule has 0 spiro atoms. The second-order valence-electron chi connectivity index (χ2n) is 5.80. The van der Waals surface area contributed by atoms with Gasteiger partial charge in [-0.2, -0.15) is 0 Å². The minimum absolute atomic E-state index is 0.201. The monoisotopic (exact) mass is 371 g/mol. The number of thiophene rings is 1. The number of carbonyl (C=O) groups excluding carboxylic acids is 1. The Hall–Kier alpha value is -2.85. The maximum atomic E-state index is 10.9. The molecule has 1 saturated heterocycles. The number of aryl methyl sites for hydroxylation is 1. The topological polar surface area (TPSA) is 119 Å². The van der Waals surface area contributed by atoms with Gasteiger partial charge in [0.1, 0.15) is 5.00 Å². The molecule has 134 valence electrons. The van der Waals surface area contributed by atoms with Crippen LogP contribution in [-0.2, 0) is 9.53 Å². The van der Waals surface area contributed by atoms with Crippen LogP contribution in [0, 0.1) is 6.92 Å². The Morgan fingerprint density at radius 3 is 2.69 bits per heavy atom. The second-order valence-corrected chi connectivity index (χ2v) is 6.82. The third-order valence-electron chi connectivity index (χ3n) is 4.18. The molecule has 0 saturated carbocycles. The van der Waals surface area contributed by atoms with Gasteiger partial charge in [-0.25, -0.2) is 19.9 Å². The van der Waals surface area contributed by atoms with Gasteiger partial charge in [0.15, 0.2) is 11.6 Å². The zero-order valence-corrected chi connectivity index (χ0v) is 14.9. The smallest absolute Gasteiger partial charge is 0.219 e. The number of hydrogen-bond donors (Lipinski definition) is 2. The Labute approximate surface area is 153 Å². The molecule has 10 heteroatoms. The lowest BCUT2D eigenvalue weighted by Crippen LogP contribution is -2.36. The highest BCUT2D eigenvalue weighted by molar-refractivity contribution is 7.23. The first-order valence-corrected chi connectivity index (χ1v) is 8.91. The molecule has 4 rings (SSSR count). The number of fused-ring (bicyclic) bond motifs is 1. The first kappa shape index (κ1) is 16.6. The second kappa shape index (κ2) is 6.81. The van der Waals surface area contributed by atoms with Crippen molar-refractivity contribution in [3.63, 3.8) is 0 Å². The number of ether oxygens (including phenoxy) is 1. The Kier molecular flexibility index (Phi) is 4.35. The predicted octanol–water partition coefficient (Wildman–Crippen LogP) is 1.44. The quantitative estimate of drug-likeness (QED) is 0.661. The number of nitrogens with two attached hydrogens (primary N) is 1. The molecule has 0 bridgehead atoms. The van der Waals surface area contributed by atoms with Gasteiger partial charge >= 0.3 is 0 Å². The fourth-order valence-electron chi connectivity index (χ4n) is 2.84. The van der Waals surface area contributed by atoms with Crippen molar-refractivity contribution in [2.24, 2.45) is 0 Å². The van der Waals surface area contributed by atoms with Crippen molar-refractivity contribution in [1.29, 1.82) is 0 Å². The fourth-order valence-corrected chi connectivity index (χ4v) is 3.96. The largest absolute Gasteiger partial charge is 0.378 e. The van der Waals surface area contributed by atoms with Crippen molar-refractivity contribution < 1.29 is 9.53 Å². The van der Waals surface area contributed by atoms with Gasteiger partial charge in [-0.05, 0) is 6.92 Å². The van der Waals surface area contributed by atoms with E-state index in [4.69, 9.17) is 20.4 Å². The van der Waals surface area contributed by atoms with Crippen molar-refractivity contribution in [1.82, 2.24) is 19.9 Å². The van der Waals surface area contributed by atoms with Crippen LogP contribution in [0.2, 0.25) is 0 Å². The lowest BCUT2D eigenvalue weighted by atomic mass is 10.2. The number of nitrogen functional groups attached to an aromatic ring is 1. The lowest BCUT2D eigenvalue weighted by Gasteiger charge is -2.28. The van der Waals surface area contributed by atoms with Gasteiger partial charge in [0.05, 0.1) is 29.0 Å². The highest BCUT2D eigenvalue weighted by Crippen LogP contribution is 2.39. The van der Waals surface area contributed by atoms with Gasteiger partial charge in [-0.15, -0.1) is 11.3 Å². The van der Waals surface area contributed by atoms with Crippen molar-refractivity contribution >= 4 is 44.7 Å². The zero-order chi connectivity index (χ0) is 18.1. The number of carbonyl (C=O) groups is 1. The number of nitrogens with one attached hydrogen (secondary N) is 1. The van der Waals surface area contributed by atoms with Crippen molar-refractivity contribution in [2.75, 3.05) is 42.3 Å². The Morgan fingerprint density at radius 2 is 2.00 bits per heavy atom. The highest BCUT2D eigenvalue weighted by atomic mass is 32.1.